The first-order chi connectivity index (χ1) is 13.7. The fourth-order valence-electron chi connectivity index (χ4n) is 2.56. The van der Waals surface area contributed by atoms with E-state index >= 15 is 0 Å². The molecule has 0 fully saturated rings. The SMILES string of the molecule is CCNC(=NCc1ccc(NC(=O)c2ccco2)cc1)NCc1sccc1C.I. The van der Waals surface area contributed by atoms with E-state index in [1.54, 1.807) is 23.5 Å². The zero-order chi connectivity index (χ0) is 19.8. The third kappa shape index (κ3) is 6.90. The van der Waals surface area contributed by atoms with Crippen LogP contribution in [0.5, 0.6) is 0 Å². The highest BCUT2D eigenvalue weighted by molar-refractivity contribution is 14.0. The van der Waals surface area contributed by atoms with Crippen LogP contribution in [0.25, 0.3) is 0 Å². The highest BCUT2D eigenvalue weighted by atomic mass is 127. The number of rotatable bonds is 7. The van der Waals surface area contributed by atoms with Crippen LogP contribution >= 0.6 is 35.3 Å². The number of anilines is 1. The second kappa shape index (κ2) is 11.6. The van der Waals surface area contributed by atoms with Crippen molar-refractivity contribution < 1.29 is 9.21 Å². The average Bonchev–Trinajstić information content (AvgIpc) is 3.37. The van der Waals surface area contributed by atoms with E-state index in [4.69, 9.17) is 4.42 Å². The molecule has 1 aromatic carbocycles. The van der Waals surface area contributed by atoms with Crippen molar-refractivity contribution in [3.05, 3.63) is 75.9 Å². The number of benzene rings is 1. The third-order valence-electron chi connectivity index (χ3n) is 4.11. The van der Waals surface area contributed by atoms with E-state index in [0.717, 1.165) is 24.6 Å². The molecule has 0 saturated heterocycles. The Morgan fingerprint density at radius 3 is 2.55 bits per heavy atom. The standard InChI is InChI=1S/C21H24N4O2S.HI/c1-3-22-21(24-14-19-15(2)10-12-28-19)23-13-16-6-8-17(9-7-16)25-20(26)18-5-4-11-27-18;/h4-12H,3,13-14H2,1-2H3,(H,25,26)(H2,22,23,24);1H. The predicted octanol–water partition coefficient (Wildman–Crippen LogP) is 4.78. The summed E-state index contributed by atoms with van der Waals surface area (Å²) in [6, 6.07) is 13.1. The first-order valence-corrected chi connectivity index (χ1v) is 10.0. The summed E-state index contributed by atoms with van der Waals surface area (Å²) in [4.78, 5) is 17.9. The van der Waals surface area contributed by atoms with Gasteiger partial charge in [-0.1, -0.05) is 12.1 Å². The molecule has 3 rings (SSSR count). The van der Waals surface area contributed by atoms with Gasteiger partial charge in [0.25, 0.3) is 5.91 Å². The molecule has 0 bridgehead atoms. The Kier molecular flexibility index (Phi) is 9.20. The molecule has 0 atom stereocenters. The number of nitrogens with zero attached hydrogens (tertiary/aromatic N) is 1. The first kappa shape index (κ1) is 23.0. The van der Waals surface area contributed by atoms with Gasteiger partial charge in [0.1, 0.15) is 0 Å². The second-order valence-electron chi connectivity index (χ2n) is 6.20. The Hall–Kier alpha value is -2.33. The van der Waals surface area contributed by atoms with E-state index in [-0.39, 0.29) is 35.6 Å². The van der Waals surface area contributed by atoms with E-state index in [2.05, 4.69) is 39.3 Å². The minimum absolute atomic E-state index is 0. The van der Waals surface area contributed by atoms with Gasteiger partial charge in [0.15, 0.2) is 11.7 Å². The molecule has 1 amide bonds. The van der Waals surface area contributed by atoms with Crippen molar-refractivity contribution in [1.29, 1.82) is 0 Å². The van der Waals surface area contributed by atoms with Crippen molar-refractivity contribution in [1.82, 2.24) is 10.6 Å². The van der Waals surface area contributed by atoms with Crippen molar-refractivity contribution in [2.24, 2.45) is 4.99 Å². The summed E-state index contributed by atoms with van der Waals surface area (Å²) in [7, 11) is 0. The maximum Gasteiger partial charge on any atom is 0.291 e. The van der Waals surface area contributed by atoms with Crippen molar-refractivity contribution in [2.75, 3.05) is 11.9 Å². The molecule has 2 aromatic heterocycles. The van der Waals surface area contributed by atoms with E-state index in [0.29, 0.717) is 12.2 Å². The van der Waals surface area contributed by atoms with Gasteiger partial charge in [0, 0.05) is 17.1 Å². The van der Waals surface area contributed by atoms with Crippen LogP contribution in [0.3, 0.4) is 0 Å². The number of hydrogen-bond acceptors (Lipinski definition) is 4. The number of aryl methyl sites for hydroxylation is 1. The van der Waals surface area contributed by atoms with E-state index in [1.165, 1.54) is 16.7 Å². The van der Waals surface area contributed by atoms with Gasteiger partial charge >= 0.3 is 0 Å². The average molecular weight is 524 g/mol. The molecule has 0 aliphatic carbocycles. The van der Waals surface area contributed by atoms with Crippen LogP contribution in [-0.2, 0) is 13.1 Å². The molecule has 29 heavy (non-hydrogen) atoms. The zero-order valence-electron chi connectivity index (χ0n) is 16.4. The Morgan fingerprint density at radius 2 is 1.93 bits per heavy atom. The molecule has 0 saturated carbocycles. The number of thiophene rings is 1. The van der Waals surface area contributed by atoms with Crippen LogP contribution in [0.2, 0.25) is 0 Å². The summed E-state index contributed by atoms with van der Waals surface area (Å²) in [6.45, 7) is 6.26. The van der Waals surface area contributed by atoms with E-state index < -0.39 is 0 Å². The summed E-state index contributed by atoms with van der Waals surface area (Å²) >= 11 is 1.74. The summed E-state index contributed by atoms with van der Waals surface area (Å²) in [5, 5.41) is 11.5. The highest BCUT2D eigenvalue weighted by Gasteiger charge is 2.08. The molecule has 0 unspecified atom stereocenters. The van der Waals surface area contributed by atoms with E-state index in [1.807, 2.05) is 31.2 Å². The number of carbonyl (C=O) groups excluding carboxylic acids is 1. The smallest absolute Gasteiger partial charge is 0.291 e. The van der Waals surface area contributed by atoms with Crippen molar-refractivity contribution in [3.63, 3.8) is 0 Å². The predicted molar refractivity (Wildman–Crippen MR) is 129 cm³/mol. The lowest BCUT2D eigenvalue weighted by Crippen LogP contribution is -2.36. The fourth-order valence-corrected chi connectivity index (χ4v) is 3.40. The number of aliphatic imine (C=N–C) groups is 1. The zero-order valence-corrected chi connectivity index (χ0v) is 19.5. The number of nitrogens with one attached hydrogen (secondary N) is 3. The normalized spacial score (nSPS) is 10.9. The summed E-state index contributed by atoms with van der Waals surface area (Å²) in [6.07, 6.45) is 1.48. The number of guanidine groups is 1. The van der Waals surface area contributed by atoms with Gasteiger partial charge in [-0.25, -0.2) is 4.99 Å². The molecule has 0 spiro atoms. The number of amides is 1. The first-order valence-electron chi connectivity index (χ1n) is 9.14. The lowest BCUT2D eigenvalue weighted by Gasteiger charge is -2.11. The molecule has 0 aliphatic heterocycles. The molecule has 8 heteroatoms. The molecule has 3 N–H and O–H groups in total. The molecular formula is C21H25IN4O2S. The van der Waals surface area contributed by atoms with Crippen LogP contribution in [0.15, 0.2) is 63.5 Å². The maximum atomic E-state index is 12.0. The Morgan fingerprint density at radius 1 is 1.14 bits per heavy atom. The summed E-state index contributed by atoms with van der Waals surface area (Å²) < 4.78 is 5.09. The molecule has 3 aromatic rings. The molecule has 6 nitrogen and oxygen atoms in total. The number of halogens is 1. The Balaban J connectivity index is 0.00000300. The van der Waals surface area contributed by atoms with Crippen LogP contribution in [-0.4, -0.2) is 18.4 Å². The lowest BCUT2D eigenvalue weighted by atomic mass is 10.2. The fraction of sp³-hybridized carbons (Fsp3) is 0.238. The van der Waals surface area contributed by atoms with Gasteiger partial charge in [-0.2, -0.15) is 0 Å². The maximum absolute atomic E-state index is 12.0. The van der Waals surface area contributed by atoms with Gasteiger partial charge in [-0.3, -0.25) is 4.79 Å². The molecule has 0 aliphatic rings. The van der Waals surface area contributed by atoms with E-state index in [9.17, 15) is 4.79 Å². The summed E-state index contributed by atoms with van der Waals surface area (Å²) in [5.41, 5.74) is 3.06. The second-order valence-corrected chi connectivity index (χ2v) is 7.20. The quantitative estimate of drug-likeness (QED) is 0.236. The minimum Gasteiger partial charge on any atom is -0.459 e. The molecule has 2 heterocycles. The number of hydrogen-bond donors (Lipinski definition) is 3. The van der Waals surface area contributed by atoms with Crippen LogP contribution in [0, 0.1) is 6.92 Å². The Labute approximate surface area is 191 Å². The minimum atomic E-state index is -0.265. The largest absolute Gasteiger partial charge is 0.459 e. The van der Waals surface area contributed by atoms with Crippen molar-refractivity contribution >= 4 is 52.9 Å². The lowest BCUT2D eigenvalue weighted by molar-refractivity contribution is 0.0996. The Bertz CT molecular complexity index is 921. The van der Waals surface area contributed by atoms with Gasteiger partial charge in [0.2, 0.25) is 0 Å². The molecule has 154 valence electrons. The van der Waals surface area contributed by atoms with Crippen LogP contribution < -0.4 is 16.0 Å². The van der Waals surface area contributed by atoms with Crippen molar-refractivity contribution in [2.45, 2.75) is 26.9 Å². The monoisotopic (exact) mass is 524 g/mol. The van der Waals surface area contributed by atoms with Gasteiger partial charge in [-0.15, -0.1) is 35.3 Å². The van der Waals surface area contributed by atoms with Gasteiger partial charge in [0.05, 0.1) is 19.4 Å². The summed E-state index contributed by atoms with van der Waals surface area (Å²) in [5.74, 6) is 0.805. The highest BCUT2D eigenvalue weighted by Crippen LogP contribution is 2.15. The molecule has 0 radical (unpaired) electrons. The van der Waals surface area contributed by atoms with Crippen LogP contribution in [0.1, 0.15) is 33.5 Å². The van der Waals surface area contributed by atoms with Crippen molar-refractivity contribution in [3.8, 4) is 0 Å². The molecular weight excluding hydrogens is 499 g/mol. The third-order valence-corrected chi connectivity index (χ3v) is 5.13. The number of furan rings is 1. The number of carbonyl (C=O) groups is 1. The van der Waals surface area contributed by atoms with Crippen LogP contribution in [0.4, 0.5) is 5.69 Å². The van der Waals surface area contributed by atoms with Gasteiger partial charge < -0.3 is 20.4 Å². The topological polar surface area (TPSA) is 78.7 Å². The van der Waals surface area contributed by atoms with Gasteiger partial charge in [-0.05, 0) is 60.7 Å².